The summed E-state index contributed by atoms with van der Waals surface area (Å²) in [6.07, 6.45) is -12.0. The van der Waals surface area contributed by atoms with Gasteiger partial charge in [-0.3, -0.25) is 19.5 Å². The maximum Gasteiger partial charge on any atom is 0.420 e. The van der Waals surface area contributed by atoms with Crippen molar-refractivity contribution in [2.24, 2.45) is 0 Å². The molecule has 0 N–H and O–H groups in total. The summed E-state index contributed by atoms with van der Waals surface area (Å²) < 4.78 is 102. The van der Waals surface area contributed by atoms with Crippen LogP contribution in [0.5, 0.6) is 5.75 Å². The number of rotatable bonds is 6. The number of piperazine rings is 1. The van der Waals surface area contributed by atoms with Gasteiger partial charge in [0.2, 0.25) is 5.91 Å². The highest BCUT2D eigenvalue weighted by Crippen LogP contribution is 2.47. The highest BCUT2D eigenvalue weighted by molar-refractivity contribution is 5.97. The summed E-state index contributed by atoms with van der Waals surface area (Å²) in [5.41, 5.74) is -4.42. The first-order valence-electron chi connectivity index (χ1n) is 13.1. The van der Waals surface area contributed by atoms with Gasteiger partial charge in [-0.2, -0.15) is 26.3 Å². The van der Waals surface area contributed by atoms with Gasteiger partial charge in [-0.15, -0.1) is 0 Å². The first-order valence-corrected chi connectivity index (χ1v) is 13.1. The standard InChI is InChI=1S/C27H28F7N5O4/c1-17(40)37-10-7-36(8-11-37)9-12-38-13-14-39(24(38)41)22-16-18(26(29,30)31)15-21(27(32,33)34)23(22)43-25(42)35(2)20-5-3-19(28)4-6-20/h3-6,15-16H,7-14H2,1-2H3. The molecule has 43 heavy (non-hydrogen) atoms. The summed E-state index contributed by atoms with van der Waals surface area (Å²) in [5.74, 6) is -1.98. The Morgan fingerprint density at radius 2 is 1.51 bits per heavy atom. The minimum absolute atomic E-state index is 0.00723. The van der Waals surface area contributed by atoms with E-state index in [9.17, 15) is 45.1 Å². The van der Waals surface area contributed by atoms with E-state index in [4.69, 9.17) is 4.74 Å². The van der Waals surface area contributed by atoms with Gasteiger partial charge < -0.3 is 14.5 Å². The van der Waals surface area contributed by atoms with Crippen molar-refractivity contribution in [3.05, 3.63) is 53.3 Å². The van der Waals surface area contributed by atoms with Crippen LogP contribution in [0.4, 0.5) is 51.7 Å². The molecule has 4 amide bonds. The molecular weight excluding hydrogens is 591 g/mol. The van der Waals surface area contributed by atoms with Crippen molar-refractivity contribution in [3.8, 4) is 5.75 Å². The van der Waals surface area contributed by atoms with Crippen LogP contribution in [0.1, 0.15) is 18.1 Å². The number of alkyl halides is 6. The van der Waals surface area contributed by atoms with E-state index in [-0.39, 0.29) is 37.3 Å². The van der Waals surface area contributed by atoms with Crippen molar-refractivity contribution in [1.29, 1.82) is 0 Å². The molecule has 2 heterocycles. The molecule has 0 bridgehead atoms. The highest BCUT2D eigenvalue weighted by Gasteiger charge is 2.44. The van der Waals surface area contributed by atoms with Gasteiger partial charge in [-0.1, -0.05) is 0 Å². The molecule has 0 spiro atoms. The van der Waals surface area contributed by atoms with Gasteiger partial charge in [0, 0.05) is 72.0 Å². The fourth-order valence-electron chi connectivity index (χ4n) is 4.78. The Morgan fingerprint density at radius 3 is 2.07 bits per heavy atom. The van der Waals surface area contributed by atoms with Gasteiger partial charge >= 0.3 is 24.5 Å². The Balaban J connectivity index is 1.62. The van der Waals surface area contributed by atoms with Crippen LogP contribution in [-0.4, -0.2) is 92.1 Å². The molecule has 0 aliphatic carbocycles. The number of halogens is 7. The van der Waals surface area contributed by atoms with E-state index < -0.39 is 52.9 Å². The quantitative estimate of drug-likeness (QED) is 0.430. The predicted molar refractivity (Wildman–Crippen MR) is 140 cm³/mol. The number of benzene rings is 2. The fraction of sp³-hybridized carbons (Fsp3) is 0.444. The molecule has 2 aromatic carbocycles. The van der Waals surface area contributed by atoms with Crippen molar-refractivity contribution in [3.63, 3.8) is 0 Å². The molecule has 0 atom stereocenters. The van der Waals surface area contributed by atoms with Gasteiger partial charge in [0.25, 0.3) is 0 Å². The largest absolute Gasteiger partial charge is 0.420 e. The summed E-state index contributed by atoms with van der Waals surface area (Å²) in [4.78, 5) is 44.1. The summed E-state index contributed by atoms with van der Waals surface area (Å²) in [6.45, 7) is 3.72. The van der Waals surface area contributed by atoms with Crippen LogP contribution in [0.25, 0.3) is 0 Å². The number of hydrogen-bond acceptors (Lipinski definition) is 5. The molecule has 16 heteroatoms. The first-order chi connectivity index (χ1) is 20.1. The van der Waals surface area contributed by atoms with E-state index in [0.717, 1.165) is 41.1 Å². The number of nitrogens with zero attached hydrogens (tertiary/aromatic N) is 5. The van der Waals surface area contributed by atoms with Crippen molar-refractivity contribution in [2.75, 3.05) is 69.2 Å². The lowest BCUT2D eigenvalue weighted by atomic mass is 10.1. The molecule has 2 fully saturated rings. The Morgan fingerprint density at radius 1 is 0.884 bits per heavy atom. The molecule has 2 aliphatic heterocycles. The summed E-state index contributed by atoms with van der Waals surface area (Å²) in [6, 6.07) is 3.59. The zero-order chi connectivity index (χ0) is 31.7. The van der Waals surface area contributed by atoms with E-state index in [1.165, 1.54) is 11.8 Å². The Hall–Kier alpha value is -4.08. The molecule has 2 aliphatic rings. The average molecular weight is 620 g/mol. The molecule has 0 aromatic heterocycles. The smallest absolute Gasteiger partial charge is 0.407 e. The van der Waals surface area contributed by atoms with Crippen LogP contribution >= 0.6 is 0 Å². The van der Waals surface area contributed by atoms with Crippen LogP contribution in [0, 0.1) is 5.82 Å². The third-order valence-electron chi connectivity index (χ3n) is 7.27. The summed E-state index contributed by atoms with van der Waals surface area (Å²) in [5, 5.41) is 0. The topological polar surface area (TPSA) is 76.6 Å². The highest BCUT2D eigenvalue weighted by atomic mass is 19.4. The number of ether oxygens (including phenoxy) is 1. The molecular formula is C27H28F7N5O4. The molecule has 9 nitrogen and oxygen atoms in total. The normalized spacial score (nSPS) is 16.6. The lowest BCUT2D eigenvalue weighted by molar-refractivity contribution is -0.143. The summed E-state index contributed by atoms with van der Waals surface area (Å²) in [7, 11) is 1.12. The van der Waals surface area contributed by atoms with Crippen molar-refractivity contribution in [2.45, 2.75) is 19.3 Å². The van der Waals surface area contributed by atoms with Gasteiger partial charge in [-0.05, 0) is 36.4 Å². The van der Waals surface area contributed by atoms with Crippen LogP contribution in [-0.2, 0) is 17.1 Å². The molecule has 2 saturated heterocycles. The van der Waals surface area contributed by atoms with Gasteiger partial charge in [0.05, 0.1) is 11.3 Å². The predicted octanol–water partition coefficient (Wildman–Crippen LogP) is 4.90. The third-order valence-corrected chi connectivity index (χ3v) is 7.27. The van der Waals surface area contributed by atoms with Crippen LogP contribution in [0.3, 0.4) is 0 Å². The summed E-state index contributed by atoms with van der Waals surface area (Å²) >= 11 is 0. The number of anilines is 2. The van der Waals surface area contributed by atoms with Crippen molar-refractivity contribution < 1.29 is 49.9 Å². The minimum Gasteiger partial charge on any atom is -0.407 e. The lowest BCUT2D eigenvalue weighted by Gasteiger charge is -2.34. The number of amides is 4. The molecule has 234 valence electrons. The van der Waals surface area contributed by atoms with Crippen LogP contribution < -0.4 is 14.5 Å². The molecule has 0 saturated carbocycles. The zero-order valence-corrected chi connectivity index (χ0v) is 23.1. The van der Waals surface area contributed by atoms with Crippen molar-refractivity contribution in [1.82, 2.24) is 14.7 Å². The molecule has 0 unspecified atom stereocenters. The van der Waals surface area contributed by atoms with E-state index >= 15 is 0 Å². The van der Waals surface area contributed by atoms with Gasteiger partial charge in [-0.25, -0.2) is 14.0 Å². The second-order valence-corrected chi connectivity index (χ2v) is 10.0. The van der Waals surface area contributed by atoms with Gasteiger partial charge in [0.1, 0.15) is 11.4 Å². The van der Waals surface area contributed by atoms with Crippen LogP contribution in [0.15, 0.2) is 36.4 Å². The Bertz CT molecular complexity index is 1360. The monoisotopic (exact) mass is 619 g/mol. The van der Waals surface area contributed by atoms with E-state index in [0.29, 0.717) is 38.8 Å². The van der Waals surface area contributed by atoms with E-state index in [2.05, 4.69) is 0 Å². The minimum atomic E-state index is -5.40. The number of hydrogen-bond donors (Lipinski definition) is 0. The number of carbonyl (C=O) groups excluding carboxylic acids is 3. The lowest BCUT2D eigenvalue weighted by Crippen LogP contribution is -2.50. The van der Waals surface area contributed by atoms with Crippen LogP contribution in [0.2, 0.25) is 0 Å². The molecule has 4 rings (SSSR count). The fourth-order valence-corrected chi connectivity index (χ4v) is 4.78. The second kappa shape index (κ2) is 12.3. The van der Waals surface area contributed by atoms with E-state index in [1.54, 1.807) is 4.90 Å². The SMILES string of the molecule is CC(=O)N1CCN(CCN2CCN(c3cc(C(F)(F)F)cc(C(F)(F)F)c3OC(=O)N(C)c3ccc(F)cc3)C2=O)CC1. The maximum atomic E-state index is 14.1. The third kappa shape index (κ3) is 7.29. The van der Waals surface area contributed by atoms with Crippen molar-refractivity contribution >= 4 is 29.4 Å². The van der Waals surface area contributed by atoms with E-state index in [1.807, 2.05) is 4.90 Å². The van der Waals surface area contributed by atoms with Gasteiger partial charge in [0.15, 0.2) is 5.75 Å². The second-order valence-electron chi connectivity index (χ2n) is 10.0. The molecule has 2 aromatic rings. The average Bonchev–Trinajstić information content (AvgIpc) is 3.30. The Labute approximate surface area is 242 Å². The maximum absolute atomic E-state index is 14.1. The zero-order valence-electron chi connectivity index (χ0n) is 23.1. The molecule has 0 radical (unpaired) electrons. The number of carbonyl (C=O) groups is 3. The first kappa shape index (κ1) is 31.8. The Kier molecular flexibility index (Phi) is 9.08. The number of urea groups is 1.